The van der Waals surface area contributed by atoms with E-state index in [1.54, 1.807) is 0 Å². The van der Waals surface area contributed by atoms with Crippen molar-refractivity contribution < 1.29 is 0 Å². The van der Waals surface area contributed by atoms with Gasteiger partial charge in [-0.05, 0) is 36.2 Å². The lowest BCUT2D eigenvalue weighted by molar-refractivity contribution is 1.31. The molecule has 0 fully saturated rings. The van der Waals surface area contributed by atoms with Gasteiger partial charge in [0.05, 0.1) is 5.69 Å². The second kappa shape index (κ2) is 6.03. The van der Waals surface area contributed by atoms with E-state index in [1.807, 2.05) is 48.7 Å². The predicted octanol–water partition coefficient (Wildman–Crippen LogP) is 5.77. The molecule has 0 bridgehead atoms. The molecule has 0 aliphatic heterocycles. The summed E-state index contributed by atoms with van der Waals surface area (Å²) < 4.78 is 0. The van der Waals surface area contributed by atoms with Crippen LogP contribution in [0.5, 0.6) is 0 Å². The Morgan fingerprint density at radius 1 is 1.00 bits per heavy atom. The maximum Gasteiger partial charge on any atom is 0.0626 e. The summed E-state index contributed by atoms with van der Waals surface area (Å²) in [4.78, 5) is 4.31. The molecule has 0 saturated heterocycles. The summed E-state index contributed by atoms with van der Waals surface area (Å²) in [6.45, 7) is 2.06. The van der Waals surface area contributed by atoms with Crippen LogP contribution in [0.25, 0.3) is 11.1 Å². The lowest BCUT2D eigenvalue weighted by Crippen LogP contribution is -1.81. The third kappa shape index (κ3) is 2.92. The molecule has 92 valence electrons. The Morgan fingerprint density at radius 3 is 2.17 bits per heavy atom. The summed E-state index contributed by atoms with van der Waals surface area (Å²) in [5.41, 5.74) is 2.80. The van der Waals surface area contributed by atoms with Gasteiger partial charge in [-0.2, -0.15) is 0 Å². The van der Waals surface area contributed by atoms with Crippen molar-refractivity contribution in [3.05, 3.63) is 52.5 Å². The monoisotopic (exact) mass is 277 g/mol. The molecule has 0 aliphatic rings. The molecule has 2 aromatic carbocycles. The molecule has 0 radical (unpaired) electrons. The molecule has 0 amide bonds. The number of nitrogens with zero attached hydrogens (tertiary/aromatic N) is 1. The van der Waals surface area contributed by atoms with Crippen molar-refractivity contribution in [2.45, 2.75) is 13.3 Å². The fourth-order valence-electron chi connectivity index (χ4n) is 1.68. The molecular formula is C15H13Cl2N. The number of hydrogen-bond acceptors (Lipinski definition) is 1. The first kappa shape index (κ1) is 13.1. The van der Waals surface area contributed by atoms with Crippen molar-refractivity contribution >= 4 is 35.1 Å². The first-order valence-electron chi connectivity index (χ1n) is 5.79. The lowest BCUT2D eigenvalue weighted by Gasteiger charge is -2.07. The second-order valence-corrected chi connectivity index (χ2v) is 4.68. The Balaban J connectivity index is 2.37. The molecule has 0 aliphatic carbocycles. The van der Waals surface area contributed by atoms with Gasteiger partial charge in [-0.15, -0.1) is 0 Å². The number of halogens is 2. The molecule has 18 heavy (non-hydrogen) atoms. The molecule has 0 spiro atoms. The van der Waals surface area contributed by atoms with Gasteiger partial charge in [0.2, 0.25) is 0 Å². The summed E-state index contributed by atoms with van der Waals surface area (Å²) in [5.74, 6) is 0. The lowest BCUT2D eigenvalue weighted by atomic mass is 10.1. The molecule has 0 aromatic heterocycles. The van der Waals surface area contributed by atoms with Crippen LogP contribution in [0.2, 0.25) is 10.0 Å². The van der Waals surface area contributed by atoms with Crippen LogP contribution in [0.1, 0.15) is 13.3 Å². The highest BCUT2D eigenvalue weighted by molar-refractivity contribution is 6.39. The van der Waals surface area contributed by atoms with Crippen molar-refractivity contribution in [1.29, 1.82) is 0 Å². The van der Waals surface area contributed by atoms with Crippen LogP contribution in [0.15, 0.2) is 47.5 Å². The third-order valence-corrected chi connectivity index (χ3v) is 3.17. The molecule has 2 rings (SSSR count). The van der Waals surface area contributed by atoms with Crippen LogP contribution < -0.4 is 0 Å². The van der Waals surface area contributed by atoms with Crippen LogP contribution in [-0.4, -0.2) is 6.21 Å². The normalized spacial score (nSPS) is 11.1. The van der Waals surface area contributed by atoms with Gasteiger partial charge >= 0.3 is 0 Å². The van der Waals surface area contributed by atoms with E-state index in [-0.39, 0.29) is 0 Å². The average molecular weight is 278 g/mol. The maximum absolute atomic E-state index is 6.17. The minimum atomic E-state index is 0.660. The predicted molar refractivity (Wildman–Crippen MR) is 80.3 cm³/mol. The molecule has 0 heterocycles. The van der Waals surface area contributed by atoms with Crippen LogP contribution in [-0.2, 0) is 0 Å². The van der Waals surface area contributed by atoms with E-state index in [0.717, 1.165) is 23.2 Å². The number of aliphatic imine (C=N–C) groups is 1. The first-order chi connectivity index (χ1) is 8.72. The highest BCUT2D eigenvalue weighted by atomic mass is 35.5. The van der Waals surface area contributed by atoms with Crippen LogP contribution >= 0.6 is 23.2 Å². The zero-order chi connectivity index (χ0) is 13.0. The topological polar surface area (TPSA) is 12.4 Å². The Kier molecular flexibility index (Phi) is 4.40. The molecule has 0 atom stereocenters. The van der Waals surface area contributed by atoms with E-state index in [9.17, 15) is 0 Å². The number of benzene rings is 2. The summed E-state index contributed by atoms with van der Waals surface area (Å²) in [7, 11) is 0. The summed E-state index contributed by atoms with van der Waals surface area (Å²) in [6, 6.07) is 13.4. The van der Waals surface area contributed by atoms with Crippen molar-refractivity contribution in [3.63, 3.8) is 0 Å². The smallest absolute Gasteiger partial charge is 0.0626 e. The zero-order valence-corrected chi connectivity index (χ0v) is 11.5. The SMILES string of the molecule is CCC=Nc1ccc(-c2c(Cl)cccc2Cl)cc1. The molecular weight excluding hydrogens is 265 g/mol. The van der Waals surface area contributed by atoms with Crippen LogP contribution in [0, 0.1) is 0 Å². The average Bonchev–Trinajstić information content (AvgIpc) is 2.37. The van der Waals surface area contributed by atoms with E-state index < -0.39 is 0 Å². The minimum absolute atomic E-state index is 0.660. The van der Waals surface area contributed by atoms with Gasteiger partial charge in [0.1, 0.15) is 0 Å². The summed E-state index contributed by atoms with van der Waals surface area (Å²) in [5, 5.41) is 1.32. The minimum Gasteiger partial charge on any atom is -0.261 e. The van der Waals surface area contributed by atoms with Crippen LogP contribution in [0.3, 0.4) is 0 Å². The van der Waals surface area contributed by atoms with Gasteiger partial charge in [0, 0.05) is 21.8 Å². The van der Waals surface area contributed by atoms with Crippen LogP contribution in [0.4, 0.5) is 5.69 Å². The molecule has 1 nitrogen and oxygen atoms in total. The van der Waals surface area contributed by atoms with E-state index in [4.69, 9.17) is 23.2 Å². The Hall–Kier alpha value is -1.31. The molecule has 0 saturated carbocycles. The maximum atomic E-state index is 6.17. The van der Waals surface area contributed by atoms with E-state index in [0.29, 0.717) is 10.0 Å². The van der Waals surface area contributed by atoms with Crippen molar-refractivity contribution in [3.8, 4) is 11.1 Å². The third-order valence-electron chi connectivity index (χ3n) is 2.54. The highest BCUT2D eigenvalue weighted by Gasteiger charge is 2.07. The standard InChI is InChI=1S/C15H13Cl2N/c1-2-10-18-12-8-6-11(7-9-12)15-13(16)4-3-5-14(15)17/h3-10H,2H2,1H3. The van der Waals surface area contributed by atoms with Crippen molar-refractivity contribution in [2.24, 2.45) is 4.99 Å². The summed E-state index contributed by atoms with van der Waals surface area (Å²) >= 11 is 12.3. The van der Waals surface area contributed by atoms with Crippen molar-refractivity contribution in [2.75, 3.05) is 0 Å². The Morgan fingerprint density at radius 2 is 1.61 bits per heavy atom. The fraction of sp³-hybridized carbons (Fsp3) is 0.133. The van der Waals surface area contributed by atoms with Gasteiger partial charge in [-0.25, -0.2) is 0 Å². The number of rotatable bonds is 3. The van der Waals surface area contributed by atoms with E-state index in [1.165, 1.54) is 0 Å². The first-order valence-corrected chi connectivity index (χ1v) is 6.55. The molecule has 0 unspecified atom stereocenters. The summed E-state index contributed by atoms with van der Waals surface area (Å²) in [6.07, 6.45) is 2.82. The zero-order valence-electron chi connectivity index (χ0n) is 10.0. The van der Waals surface area contributed by atoms with Gasteiger partial charge in [0.25, 0.3) is 0 Å². The number of hydrogen-bond donors (Lipinski definition) is 0. The van der Waals surface area contributed by atoms with Gasteiger partial charge in [0.15, 0.2) is 0 Å². The quantitative estimate of drug-likeness (QED) is 0.632. The Bertz CT molecular complexity index is 539. The van der Waals surface area contributed by atoms with Gasteiger partial charge < -0.3 is 0 Å². The largest absolute Gasteiger partial charge is 0.261 e. The van der Waals surface area contributed by atoms with E-state index >= 15 is 0 Å². The molecule has 3 heteroatoms. The van der Waals surface area contributed by atoms with E-state index in [2.05, 4.69) is 11.9 Å². The highest BCUT2D eigenvalue weighted by Crippen LogP contribution is 2.35. The second-order valence-electron chi connectivity index (χ2n) is 3.86. The fourth-order valence-corrected chi connectivity index (χ4v) is 2.30. The molecule has 2 aromatic rings. The molecule has 0 N–H and O–H groups in total. The van der Waals surface area contributed by atoms with Gasteiger partial charge in [-0.1, -0.05) is 48.3 Å². The van der Waals surface area contributed by atoms with Crippen molar-refractivity contribution in [1.82, 2.24) is 0 Å². The van der Waals surface area contributed by atoms with Gasteiger partial charge in [-0.3, -0.25) is 4.99 Å². The Labute approximate surface area is 117 Å².